The largest absolute Gasteiger partial charge is 0.493 e. The molecule has 0 aromatic heterocycles. The summed E-state index contributed by atoms with van der Waals surface area (Å²) >= 11 is 0. The molecule has 6 heteroatoms. The van der Waals surface area contributed by atoms with Crippen molar-refractivity contribution >= 4 is 17.7 Å². The number of para-hydroxylation sites is 1. The third kappa shape index (κ3) is 5.71. The standard InChI is InChI=1S/C25H21FN2O3/c1-17-6-3-4-9-22(17)28-25(29)20(15-27)12-18-10-11-23(24(14-18)30-2)31-16-19-7-5-8-21(26)13-19/h3-14H,16H2,1-2H3,(H,28,29)/b20-12-. The number of amides is 1. The Morgan fingerprint density at radius 2 is 1.90 bits per heavy atom. The molecule has 0 saturated heterocycles. The number of anilines is 1. The van der Waals surface area contributed by atoms with Crippen molar-refractivity contribution in [3.63, 3.8) is 0 Å². The Morgan fingerprint density at radius 1 is 1.10 bits per heavy atom. The summed E-state index contributed by atoms with van der Waals surface area (Å²) in [5.41, 5.74) is 2.79. The summed E-state index contributed by atoms with van der Waals surface area (Å²) in [5.74, 6) is 0.0669. The van der Waals surface area contributed by atoms with Gasteiger partial charge in [0.2, 0.25) is 0 Å². The highest BCUT2D eigenvalue weighted by Gasteiger charge is 2.12. The highest BCUT2D eigenvalue weighted by Crippen LogP contribution is 2.30. The summed E-state index contributed by atoms with van der Waals surface area (Å²) in [6, 6.07) is 20.5. The van der Waals surface area contributed by atoms with E-state index in [1.165, 1.54) is 25.3 Å². The number of halogens is 1. The molecule has 0 aliphatic carbocycles. The van der Waals surface area contributed by atoms with E-state index in [2.05, 4.69) is 5.32 Å². The van der Waals surface area contributed by atoms with E-state index in [1.54, 1.807) is 36.4 Å². The molecular formula is C25H21FN2O3. The van der Waals surface area contributed by atoms with Crippen LogP contribution in [0.5, 0.6) is 11.5 Å². The lowest BCUT2D eigenvalue weighted by atomic mass is 10.1. The fourth-order valence-corrected chi connectivity index (χ4v) is 2.90. The molecule has 156 valence electrons. The van der Waals surface area contributed by atoms with Crippen molar-refractivity contribution in [2.75, 3.05) is 12.4 Å². The molecule has 0 aliphatic heterocycles. The maximum absolute atomic E-state index is 13.3. The lowest BCUT2D eigenvalue weighted by Crippen LogP contribution is -2.14. The Kier molecular flexibility index (Phi) is 7.02. The minimum absolute atomic E-state index is 0.0428. The van der Waals surface area contributed by atoms with Crippen molar-refractivity contribution in [2.24, 2.45) is 0 Å². The fraction of sp³-hybridized carbons (Fsp3) is 0.120. The van der Waals surface area contributed by atoms with Gasteiger partial charge in [-0.05, 0) is 60.0 Å². The molecule has 0 heterocycles. The minimum atomic E-state index is -0.498. The van der Waals surface area contributed by atoms with Gasteiger partial charge in [-0.3, -0.25) is 4.79 Å². The number of rotatable bonds is 7. The Bertz CT molecular complexity index is 1170. The van der Waals surface area contributed by atoms with Crippen molar-refractivity contribution in [1.82, 2.24) is 0 Å². The molecule has 31 heavy (non-hydrogen) atoms. The molecule has 0 bridgehead atoms. The van der Waals surface area contributed by atoms with Crippen LogP contribution < -0.4 is 14.8 Å². The van der Waals surface area contributed by atoms with Crippen molar-refractivity contribution in [3.8, 4) is 17.6 Å². The lowest BCUT2D eigenvalue weighted by Gasteiger charge is -2.12. The molecule has 3 rings (SSSR count). The van der Waals surface area contributed by atoms with Gasteiger partial charge in [0.25, 0.3) is 5.91 Å². The average molecular weight is 416 g/mol. The number of carbonyl (C=O) groups is 1. The van der Waals surface area contributed by atoms with Crippen molar-refractivity contribution in [1.29, 1.82) is 5.26 Å². The van der Waals surface area contributed by atoms with E-state index < -0.39 is 5.91 Å². The zero-order valence-electron chi connectivity index (χ0n) is 17.2. The van der Waals surface area contributed by atoms with Crippen LogP contribution in [0.25, 0.3) is 6.08 Å². The molecule has 0 saturated carbocycles. The van der Waals surface area contributed by atoms with Crippen molar-refractivity contribution < 1.29 is 18.7 Å². The fourth-order valence-electron chi connectivity index (χ4n) is 2.90. The second kappa shape index (κ2) is 10.1. The van der Waals surface area contributed by atoms with Gasteiger partial charge in [0.15, 0.2) is 11.5 Å². The van der Waals surface area contributed by atoms with Gasteiger partial charge in [0.1, 0.15) is 24.1 Å². The molecule has 0 atom stereocenters. The first-order chi connectivity index (χ1) is 15.0. The van der Waals surface area contributed by atoms with Gasteiger partial charge >= 0.3 is 0 Å². The highest BCUT2D eigenvalue weighted by atomic mass is 19.1. The summed E-state index contributed by atoms with van der Waals surface area (Å²) in [6.07, 6.45) is 1.48. The SMILES string of the molecule is COc1cc(/C=C(/C#N)C(=O)Nc2ccccc2C)ccc1OCc1cccc(F)c1. The summed E-state index contributed by atoms with van der Waals surface area (Å²) in [7, 11) is 1.49. The number of ether oxygens (including phenoxy) is 2. The van der Waals surface area contributed by atoms with E-state index in [4.69, 9.17) is 9.47 Å². The maximum Gasteiger partial charge on any atom is 0.266 e. The van der Waals surface area contributed by atoms with E-state index in [9.17, 15) is 14.4 Å². The zero-order valence-corrected chi connectivity index (χ0v) is 17.2. The monoisotopic (exact) mass is 416 g/mol. The van der Waals surface area contributed by atoms with E-state index in [1.807, 2.05) is 31.2 Å². The van der Waals surface area contributed by atoms with Crippen LogP contribution in [0.15, 0.2) is 72.3 Å². The summed E-state index contributed by atoms with van der Waals surface area (Å²) in [5, 5.41) is 12.2. The Balaban J connectivity index is 1.76. The van der Waals surface area contributed by atoms with Gasteiger partial charge in [-0.25, -0.2) is 4.39 Å². The van der Waals surface area contributed by atoms with Gasteiger partial charge in [-0.1, -0.05) is 36.4 Å². The van der Waals surface area contributed by atoms with Gasteiger partial charge in [-0.2, -0.15) is 5.26 Å². The first-order valence-corrected chi connectivity index (χ1v) is 9.54. The number of methoxy groups -OCH3 is 1. The predicted octanol–water partition coefficient (Wildman–Crippen LogP) is 5.27. The number of nitrogens with one attached hydrogen (secondary N) is 1. The van der Waals surface area contributed by atoms with Crippen LogP contribution in [-0.2, 0) is 11.4 Å². The van der Waals surface area contributed by atoms with E-state index in [0.717, 1.165) is 5.56 Å². The molecule has 5 nitrogen and oxygen atoms in total. The van der Waals surface area contributed by atoms with Gasteiger partial charge in [-0.15, -0.1) is 0 Å². The molecule has 3 aromatic carbocycles. The van der Waals surface area contributed by atoms with Crippen LogP contribution in [0, 0.1) is 24.1 Å². The molecule has 3 aromatic rings. The zero-order chi connectivity index (χ0) is 22.2. The topological polar surface area (TPSA) is 71.3 Å². The van der Waals surface area contributed by atoms with Crippen LogP contribution >= 0.6 is 0 Å². The van der Waals surface area contributed by atoms with Gasteiger partial charge in [0, 0.05) is 5.69 Å². The Labute approximate surface area is 180 Å². The Hall–Kier alpha value is -4.11. The summed E-state index contributed by atoms with van der Waals surface area (Å²) in [6.45, 7) is 2.05. The number of hydrogen-bond acceptors (Lipinski definition) is 4. The van der Waals surface area contributed by atoms with Crippen LogP contribution in [0.1, 0.15) is 16.7 Å². The quantitative estimate of drug-likeness (QED) is 0.421. The number of benzene rings is 3. The molecule has 0 unspecified atom stereocenters. The first kappa shape index (κ1) is 21.6. The number of nitriles is 1. The lowest BCUT2D eigenvalue weighted by molar-refractivity contribution is -0.112. The highest BCUT2D eigenvalue weighted by molar-refractivity contribution is 6.10. The van der Waals surface area contributed by atoms with E-state index in [0.29, 0.717) is 28.3 Å². The molecule has 0 fully saturated rings. The molecule has 1 N–H and O–H groups in total. The van der Waals surface area contributed by atoms with E-state index >= 15 is 0 Å². The molecule has 0 spiro atoms. The summed E-state index contributed by atoms with van der Waals surface area (Å²) in [4.78, 5) is 12.5. The van der Waals surface area contributed by atoms with Crippen LogP contribution in [0.4, 0.5) is 10.1 Å². The number of nitrogens with zero attached hydrogens (tertiary/aromatic N) is 1. The smallest absolute Gasteiger partial charge is 0.266 e. The van der Waals surface area contributed by atoms with Crippen molar-refractivity contribution in [3.05, 3.63) is 94.8 Å². The molecule has 0 radical (unpaired) electrons. The second-order valence-corrected chi connectivity index (χ2v) is 6.77. The van der Waals surface area contributed by atoms with Crippen LogP contribution in [-0.4, -0.2) is 13.0 Å². The van der Waals surface area contributed by atoms with Gasteiger partial charge < -0.3 is 14.8 Å². The second-order valence-electron chi connectivity index (χ2n) is 6.77. The minimum Gasteiger partial charge on any atom is -0.493 e. The average Bonchev–Trinajstić information content (AvgIpc) is 2.77. The van der Waals surface area contributed by atoms with Crippen LogP contribution in [0.3, 0.4) is 0 Å². The first-order valence-electron chi connectivity index (χ1n) is 9.54. The van der Waals surface area contributed by atoms with E-state index in [-0.39, 0.29) is 18.0 Å². The van der Waals surface area contributed by atoms with Crippen molar-refractivity contribution in [2.45, 2.75) is 13.5 Å². The number of aryl methyl sites for hydroxylation is 1. The molecular weight excluding hydrogens is 395 g/mol. The normalized spacial score (nSPS) is 10.8. The third-order valence-corrected chi connectivity index (χ3v) is 4.54. The van der Waals surface area contributed by atoms with Gasteiger partial charge in [0.05, 0.1) is 7.11 Å². The third-order valence-electron chi connectivity index (χ3n) is 4.54. The predicted molar refractivity (Wildman–Crippen MR) is 117 cm³/mol. The summed E-state index contributed by atoms with van der Waals surface area (Å²) < 4.78 is 24.4. The maximum atomic E-state index is 13.3. The molecule has 0 aliphatic rings. The number of hydrogen-bond donors (Lipinski definition) is 1. The molecule has 1 amide bonds. The number of carbonyl (C=O) groups excluding carboxylic acids is 1. The Morgan fingerprint density at radius 3 is 2.61 bits per heavy atom. The van der Waals surface area contributed by atoms with Crippen LogP contribution in [0.2, 0.25) is 0 Å².